The molecule has 0 saturated heterocycles. The van der Waals surface area contributed by atoms with Crippen LogP contribution in [0.3, 0.4) is 0 Å². The lowest BCUT2D eigenvalue weighted by atomic mass is 10.1. The summed E-state index contributed by atoms with van der Waals surface area (Å²) in [6.45, 7) is 0.200. The van der Waals surface area contributed by atoms with Crippen molar-refractivity contribution in [2.45, 2.75) is 12.5 Å². The first kappa shape index (κ1) is 16.7. The van der Waals surface area contributed by atoms with Gasteiger partial charge in [-0.25, -0.2) is 0 Å². The summed E-state index contributed by atoms with van der Waals surface area (Å²) >= 11 is 11.8. The van der Waals surface area contributed by atoms with E-state index in [-0.39, 0.29) is 18.9 Å². The van der Waals surface area contributed by atoms with Crippen LogP contribution < -0.4 is 0 Å². The number of benzene rings is 1. The Morgan fingerprint density at radius 1 is 1.32 bits per heavy atom. The average Bonchev–Trinajstić information content (AvgIpc) is 2.51. The van der Waals surface area contributed by atoms with Gasteiger partial charge in [-0.1, -0.05) is 35.3 Å². The predicted octanol–water partition coefficient (Wildman–Crippen LogP) is 3.12. The Bertz CT molecular complexity index is 650. The number of hydrogen-bond donors (Lipinski definition) is 1. The van der Waals surface area contributed by atoms with Crippen molar-refractivity contribution in [3.8, 4) is 0 Å². The molecule has 0 aliphatic heterocycles. The van der Waals surface area contributed by atoms with Gasteiger partial charge in [0, 0.05) is 25.0 Å². The second-order valence-electron chi connectivity index (χ2n) is 5.00. The first-order valence-corrected chi connectivity index (χ1v) is 7.49. The summed E-state index contributed by atoms with van der Waals surface area (Å²) in [5.41, 5.74) is 1.46. The quantitative estimate of drug-likeness (QED) is 0.911. The highest BCUT2D eigenvalue weighted by molar-refractivity contribution is 6.42. The summed E-state index contributed by atoms with van der Waals surface area (Å²) in [6, 6.07) is 8.62. The fourth-order valence-corrected chi connectivity index (χ4v) is 2.32. The second kappa shape index (κ2) is 7.58. The SMILES string of the molecule is CN(CC(O)c1cccnc1)C(=O)Cc1ccc(Cl)c(Cl)c1. The van der Waals surface area contributed by atoms with E-state index in [0.29, 0.717) is 15.6 Å². The van der Waals surface area contributed by atoms with E-state index in [0.717, 1.165) is 5.56 Å². The number of rotatable bonds is 5. The van der Waals surface area contributed by atoms with Crippen molar-refractivity contribution >= 4 is 29.1 Å². The average molecular weight is 339 g/mol. The minimum atomic E-state index is -0.767. The smallest absolute Gasteiger partial charge is 0.226 e. The summed E-state index contributed by atoms with van der Waals surface area (Å²) in [7, 11) is 1.65. The molecule has 116 valence electrons. The molecule has 22 heavy (non-hydrogen) atoms. The Labute approximate surface area is 139 Å². The Kier molecular flexibility index (Phi) is 5.77. The number of aromatic nitrogens is 1. The predicted molar refractivity (Wildman–Crippen MR) is 87.0 cm³/mol. The number of likely N-dealkylation sites (N-methyl/N-ethyl adjacent to an activating group) is 1. The second-order valence-corrected chi connectivity index (χ2v) is 5.82. The molecule has 1 amide bonds. The maximum atomic E-state index is 12.2. The van der Waals surface area contributed by atoms with Crippen LogP contribution >= 0.6 is 23.2 Å². The van der Waals surface area contributed by atoms with E-state index >= 15 is 0 Å². The summed E-state index contributed by atoms with van der Waals surface area (Å²) < 4.78 is 0. The maximum Gasteiger partial charge on any atom is 0.226 e. The first-order valence-electron chi connectivity index (χ1n) is 6.73. The molecular weight excluding hydrogens is 323 g/mol. The number of amides is 1. The number of halogens is 2. The van der Waals surface area contributed by atoms with Gasteiger partial charge in [0.05, 0.1) is 29.1 Å². The highest BCUT2D eigenvalue weighted by Crippen LogP contribution is 2.23. The van der Waals surface area contributed by atoms with Gasteiger partial charge in [0.15, 0.2) is 0 Å². The van der Waals surface area contributed by atoms with Crippen LogP contribution in [0.1, 0.15) is 17.2 Å². The fraction of sp³-hybridized carbons (Fsp3) is 0.250. The lowest BCUT2D eigenvalue weighted by molar-refractivity contribution is -0.130. The van der Waals surface area contributed by atoms with Crippen LogP contribution in [-0.2, 0) is 11.2 Å². The van der Waals surface area contributed by atoms with Gasteiger partial charge in [0.2, 0.25) is 5.91 Å². The molecule has 2 aromatic rings. The summed E-state index contributed by atoms with van der Waals surface area (Å²) in [5, 5.41) is 11.0. The highest BCUT2D eigenvalue weighted by atomic mass is 35.5. The van der Waals surface area contributed by atoms with Gasteiger partial charge in [-0.3, -0.25) is 9.78 Å². The largest absolute Gasteiger partial charge is 0.386 e. The Morgan fingerprint density at radius 2 is 2.09 bits per heavy atom. The van der Waals surface area contributed by atoms with Gasteiger partial charge in [-0.2, -0.15) is 0 Å². The zero-order chi connectivity index (χ0) is 16.1. The van der Waals surface area contributed by atoms with Gasteiger partial charge < -0.3 is 10.0 Å². The lowest BCUT2D eigenvalue weighted by Crippen LogP contribution is -2.32. The molecule has 1 atom stereocenters. The van der Waals surface area contributed by atoms with Crippen molar-refractivity contribution in [1.82, 2.24) is 9.88 Å². The van der Waals surface area contributed by atoms with Crippen LogP contribution in [0.4, 0.5) is 0 Å². The number of carbonyl (C=O) groups excluding carboxylic acids is 1. The third-order valence-electron chi connectivity index (χ3n) is 3.28. The van der Waals surface area contributed by atoms with Crippen LogP contribution in [0.15, 0.2) is 42.7 Å². The minimum absolute atomic E-state index is 0.110. The zero-order valence-electron chi connectivity index (χ0n) is 12.0. The Balaban J connectivity index is 1.95. The van der Waals surface area contributed by atoms with Crippen LogP contribution in [0.25, 0.3) is 0 Å². The number of aliphatic hydroxyl groups excluding tert-OH is 1. The van der Waals surface area contributed by atoms with E-state index in [1.807, 2.05) is 0 Å². The first-order chi connectivity index (χ1) is 10.5. The monoisotopic (exact) mass is 338 g/mol. The van der Waals surface area contributed by atoms with Crippen molar-refractivity contribution in [2.24, 2.45) is 0 Å². The number of aliphatic hydroxyl groups is 1. The Hall–Kier alpha value is -1.62. The Morgan fingerprint density at radius 3 is 2.73 bits per heavy atom. The standard InChI is InChI=1S/C16H16Cl2N2O2/c1-20(10-15(21)12-3-2-6-19-9-12)16(22)8-11-4-5-13(17)14(18)7-11/h2-7,9,15,21H,8,10H2,1H3. The molecule has 0 spiro atoms. The van der Waals surface area contributed by atoms with Crippen molar-refractivity contribution in [3.05, 3.63) is 63.9 Å². The molecular formula is C16H16Cl2N2O2. The molecule has 1 aromatic carbocycles. The molecule has 0 radical (unpaired) electrons. The molecule has 1 unspecified atom stereocenters. The van der Waals surface area contributed by atoms with Gasteiger partial charge in [-0.05, 0) is 23.8 Å². The molecule has 6 heteroatoms. The van der Waals surface area contributed by atoms with Gasteiger partial charge in [0.25, 0.3) is 0 Å². The summed E-state index contributed by atoms with van der Waals surface area (Å²) in [5.74, 6) is -0.110. The van der Waals surface area contributed by atoms with Crippen molar-refractivity contribution < 1.29 is 9.90 Å². The van der Waals surface area contributed by atoms with Crippen molar-refractivity contribution in [1.29, 1.82) is 0 Å². The zero-order valence-corrected chi connectivity index (χ0v) is 13.6. The topological polar surface area (TPSA) is 53.4 Å². The van der Waals surface area contributed by atoms with Gasteiger partial charge in [0.1, 0.15) is 0 Å². The minimum Gasteiger partial charge on any atom is -0.386 e. The van der Waals surface area contributed by atoms with Crippen LogP contribution in [0.5, 0.6) is 0 Å². The molecule has 2 rings (SSSR count). The molecule has 0 bridgehead atoms. The molecule has 4 nitrogen and oxygen atoms in total. The highest BCUT2D eigenvalue weighted by Gasteiger charge is 2.16. The number of pyridine rings is 1. The maximum absolute atomic E-state index is 12.2. The van der Waals surface area contributed by atoms with E-state index in [1.54, 1.807) is 49.8 Å². The van der Waals surface area contributed by atoms with E-state index in [1.165, 1.54) is 4.90 Å². The summed E-state index contributed by atoms with van der Waals surface area (Å²) in [4.78, 5) is 17.6. The molecule has 0 saturated carbocycles. The third kappa shape index (κ3) is 4.44. The normalized spacial score (nSPS) is 12.0. The van der Waals surface area contributed by atoms with Gasteiger partial charge >= 0.3 is 0 Å². The lowest BCUT2D eigenvalue weighted by Gasteiger charge is -2.21. The number of hydrogen-bond acceptors (Lipinski definition) is 3. The molecule has 0 aliphatic carbocycles. The van der Waals surface area contributed by atoms with Crippen molar-refractivity contribution in [2.75, 3.05) is 13.6 Å². The number of carbonyl (C=O) groups is 1. The molecule has 0 fully saturated rings. The van der Waals surface area contributed by atoms with E-state index in [4.69, 9.17) is 23.2 Å². The molecule has 1 N–H and O–H groups in total. The molecule has 1 heterocycles. The third-order valence-corrected chi connectivity index (χ3v) is 4.02. The van der Waals surface area contributed by atoms with Gasteiger partial charge in [-0.15, -0.1) is 0 Å². The van der Waals surface area contributed by atoms with Crippen molar-refractivity contribution in [3.63, 3.8) is 0 Å². The van der Waals surface area contributed by atoms with E-state index < -0.39 is 6.10 Å². The molecule has 1 aromatic heterocycles. The van der Waals surface area contributed by atoms with Crippen LogP contribution in [0.2, 0.25) is 10.0 Å². The van der Waals surface area contributed by atoms with E-state index in [9.17, 15) is 9.90 Å². The van der Waals surface area contributed by atoms with Crippen LogP contribution in [0, 0.1) is 0 Å². The number of nitrogens with zero attached hydrogens (tertiary/aromatic N) is 2. The molecule has 0 aliphatic rings. The van der Waals surface area contributed by atoms with E-state index in [2.05, 4.69) is 4.98 Å². The fourth-order valence-electron chi connectivity index (χ4n) is 2.00. The van der Waals surface area contributed by atoms with Crippen LogP contribution in [-0.4, -0.2) is 34.5 Å². The summed E-state index contributed by atoms with van der Waals surface area (Å²) in [6.07, 6.45) is 2.65.